The van der Waals surface area contributed by atoms with Crippen molar-refractivity contribution in [1.29, 1.82) is 0 Å². The molecule has 1 heterocycles. The molecule has 1 saturated heterocycles. The number of benzene rings is 1. The lowest BCUT2D eigenvalue weighted by Crippen LogP contribution is -2.53. The molecule has 1 atom stereocenters. The molecule has 7 heteroatoms. The predicted molar refractivity (Wildman–Crippen MR) is 84.8 cm³/mol. The van der Waals surface area contributed by atoms with Crippen LogP contribution in [0, 0.1) is 0 Å². The van der Waals surface area contributed by atoms with Gasteiger partial charge in [-0.3, -0.25) is 15.0 Å². The number of hydrogen-bond donors (Lipinski definition) is 3. The van der Waals surface area contributed by atoms with Crippen molar-refractivity contribution in [2.75, 3.05) is 31.5 Å². The molecule has 3 amide bonds. The van der Waals surface area contributed by atoms with Crippen LogP contribution in [0.2, 0.25) is 0 Å². The van der Waals surface area contributed by atoms with Crippen LogP contribution < -0.4 is 16.0 Å². The van der Waals surface area contributed by atoms with E-state index in [0.717, 1.165) is 19.6 Å². The third kappa shape index (κ3) is 5.71. The van der Waals surface area contributed by atoms with Gasteiger partial charge in [-0.1, -0.05) is 18.2 Å². The van der Waals surface area contributed by atoms with Crippen molar-refractivity contribution in [3.8, 4) is 0 Å². The normalized spacial score (nSPS) is 18.4. The number of imide groups is 1. The number of carbonyl (C=O) groups is 2. The van der Waals surface area contributed by atoms with Gasteiger partial charge in [-0.15, -0.1) is 12.4 Å². The maximum absolute atomic E-state index is 11.8. The maximum Gasteiger partial charge on any atom is 0.325 e. The summed E-state index contributed by atoms with van der Waals surface area (Å²) in [5, 5.41) is 8.22. The second-order valence-electron chi connectivity index (χ2n) is 4.89. The van der Waals surface area contributed by atoms with E-state index in [1.54, 1.807) is 12.1 Å². The van der Waals surface area contributed by atoms with E-state index in [4.69, 9.17) is 0 Å². The highest BCUT2D eigenvalue weighted by molar-refractivity contribution is 6.01. The lowest BCUT2D eigenvalue weighted by molar-refractivity contribution is -0.121. The van der Waals surface area contributed by atoms with Gasteiger partial charge in [0, 0.05) is 31.4 Å². The zero-order valence-corrected chi connectivity index (χ0v) is 12.8. The van der Waals surface area contributed by atoms with Gasteiger partial charge in [0.2, 0.25) is 5.91 Å². The number of rotatable bonds is 3. The van der Waals surface area contributed by atoms with E-state index >= 15 is 0 Å². The summed E-state index contributed by atoms with van der Waals surface area (Å²) in [7, 11) is 0. The minimum absolute atomic E-state index is 0. The van der Waals surface area contributed by atoms with Crippen LogP contribution in [0.1, 0.15) is 6.92 Å². The first-order valence-corrected chi connectivity index (χ1v) is 6.76. The number of carbonyl (C=O) groups excluding carboxylic acids is 2. The monoisotopic (exact) mass is 312 g/mol. The van der Waals surface area contributed by atoms with Crippen LogP contribution in [0.4, 0.5) is 10.5 Å². The molecule has 0 aromatic heterocycles. The van der Waals surface area contributed by atoms with Gasteiger partial charge in [0.15, 0.2) is 0 Å². The molecule has 1 aromatic carbocycles. The van der Waals surface area contributed by atoms with Gasteiger partial charge in [-0.05, 0) is 19.1 Å². The Balaban J connectivity index is 0.00000220. The lowest BCUT2D eigenvalue weighted by atomic mass is 10.2. The number of piperazine rings is 1. The van der Waals surface area contributed by atoms with E-state index < -0.39 is 6.03 Å². The van der Waals surface area contributed by atoms with E-state index in [1.165, 1.54) is 0 Å². The van der Waals surface area contributed by atoms with Crippen LogP contribution in [0.3, 0.4) is 0 Å². The Morgan fingerprint density at radius 1 is 1.33 bits per heavy atom. The van der Waals surface area contributed by atoms with Crippen molar-refractivity contribution >= 4 is 30.0 Å². The zero-order valence-electron chi connectivity index (χ0n) is 12.0. The number of hydrogen-bond acceptors (Lipinski definition) is 4. The summed E-state index contributed by atoms with van der Waals surface area (Å²) in [6.07, 6.45) is 0. The molecule has 1 aromatic rings. The van der Waals surface area contributed by atoms with E-state index in [0.29, 0.717) is 11.7 Å². The summed E-state index contributed by atoms with van der Waals surface area (Å²) in [6, 6.07) is 8.83. The molecular formula is C14H21ClN4O2. The predicted octanol–water partition coefficient (Wildman–Crippen LogP) is 1.05. The molecule has 0 bridgehead atoms. The molecule has 0 radical (unpaired) electrons. The van der Waals surface area contributed by atoms with E-state index in [9.17, 15) is 9.59 Å². The van der Waals surface area contributed by atoms with Gasteiger partial charge >= 0.3 is 6.03 Å². The molecule has 21 heavy (non-hydrogen) atoms. The smallest absolute Gasteiger partial charge is 0.314 e. The van der Waals surface area contributed by atoms with Gasteiger partial charge in [-0.2, -0.15) is 0 Å². The minimum atomic E-state index is -0.496. The van der Waals surface area contributed by atoms with Crippen molar-refractivity contribution in [1.82, 2.24) is 15.5 Å². The molecule has 0 saturated carbocycles. The van der Waals surface area contributed by atoms with Crippen LogP contribution in [-0.2, 0) is 4.79 Å². The fourth-order valence-corrected chi connectivity index (χ4v) is 2.15. The summed E-state index contributed by atoms with van der Waals surface area (Å²) in [5.74, 6) is -0.285. The third-order valence-electron chi connectivity index (χ3n) is 3.27. The highest BCUT2D eigenvalue weighted by atomic mass is 35.5. The van der Waals surface area contributed by atoms with E-state index in [1.807, 2.05) is 18.2 Å². The number of nitrogens with zero attached hydrogens (tertiary/aromatic N) is 1. The van der Waals surface area contributed by atoms with Gasteiger partial charge in [-0.25, -0.2) is 4.79 Å². The summed E-state index contributed by atoms with van der Waals surface area (Å²) in [4.78, 5) is 25.6. The largest absolute Gasteiger partial charge is 0.325 e. The standard InChI is InChI=1S/C14H20N4O2.ClH/c1-11-9-15-7-8-18(11)10-13(19)17-14(20)16-12-5-3-2-4-6-12;/h2-6,11,15H,7-10H2,1H3,(H2,16,17,19,20);1H/t11-;/m1./s1. The van der Waals surface area contributed by atoms with Crippen LogP contribution in [0.25, 0.3) is 0 Å². The summed E-state index contributed by atoms with van der Waals surface area (Å²) < 4.78 is 0. The second-order valence-corrected chi connectivity index (χ2v) is 4.89. The molecule has 6 nitrogen and oxygen atoms in total. The number of halogens is 1. The van der Waals surface area contributed by atoms with Crippen LogP contribution in [0.5, 0.6) is 0 Å². The molecular weight excluding hydrogens is 292 g/mol. The fraction of sp³-hybridized carbons (Fsp3) is 0.429. The number of nitrogens with one attached hydrogen (secondary N) is 3. The Labute approximate surface area is 130 Å². The number of para-hydroxylation sites is 1. The molecule has 1 fully saturated rings. The molecule has 2 rings (SSSR count). The van der Waals surface area contributed by atoms with E-state index in [-0.39, 0.29) is 24.9 Å². The second kappa shape index (κ2) is 8.61. The van der Waals surface area contributed by atoms with Gasteiger partial charge in [0.1, 0.15) is 0 Å². The fourth-order valence-electron chi connectivity index (χ4n) is 2.15. The van der Waals surface area contributed by atoms with E-state index in [2.05, 4.69) is 27.8 Å². The lowest BCUT2D eigenvalue weighted by Gasteiger charge is -2.33. The molecule has 0 spiro atoms. The van der Waals surface area contributed by atoms with Gasteiger partial charge < -0.3 is 10.6 Å². The molecule has 3 N–H and O–H groups in total. The SMILES string of the molecule is C[C@@H]1CNCCN1CC(=O)NC(=O)Nc1ccccc1.Cl. The highest BCUT2D eigenvalue weighted by Gasteiger charge is 2.20. The molecule has 1 aliphatic heterocycles. The van der Waals surface area contributed by atoms with Crippen molar-refractivity contribution in [3.63, 3.8) is 0 Å². The summed E-state index contributed by atoms with van der Waals surface area (Å²) in [5.41, 5.74) is 0.661. The first-order chi connectivity index (χ1) is 9.65. The quantitative estimate of drug-likeness (QED) is 0.780. The Bertz CT molecular complexity index is 469. The first kappa shape index (κ1) is 17.4. The molecule has 0 unspecified atom stereocenters. The minimum Gasteiger partial charge on any atom is -0.314 e. The Morgan fingerprint density at radius 3 is 2.71 bits per heavy atom. The van der Waals surface area contributed by atoms with Crippen molar-refractivity contribution in [3.05, 3.63) is 30.3 Å². The van der Waals surface area contributed by atoms with Gasteiger partial charge in [0.05, 0.1) is 6.54 Å². The Hall–Kier alpha value is -1.63. The average Bonchev–Trinajstić information content (AvgIpc) is 2.42. The maximum atomic E-state index is 11.8. The Morgan fingerprint density at radius 2 is 2.05 bits per heavy atom. The van der Waals surface area contributed by atoms with Crippen molar-refractivity contribution in [2.45, 2.75) is 13.0 Å². The first-order valence-electron chi connectivity index (χ1n) is 6.76. The third-order valence-corrected chi connectivity index (χ3v) is 3.27. The zero-order chi connectivity index (χ0) is 14.4. The number of urea groups is 1. The number of anilines is 1. The molecule has 1 aliphatic rings. The molecule has 116 valence electrons. The molecule has 0 aliphatic carbocycles. The van der Waals surface area contributed by atoms with Crippen LogP contribution >= 0.6 is 12.4 Å². The summed E-state index contributed by atoms with van der Waals surface area (Å²) >= 11 is 0. The van der Waals surface area contributed by atoms with Crippen LogP contribution in [-0.4, -0.2) is 49.1 Å². The summed E-state index contributed by atoms with van der Waals surface area (Å²) in [6.45, 7) is 4.85. The van der Waals surface area contributed by atoms with Crippen LogP contribution in [0.15, 0.2) is 30.3 Å². The highest BCUT2D eigenvalue weighted by Crippen LogP contribution is 2.04. The number of amides is 3. The Kier molecular flexibility index (Phi) is 7.14. The van der Waals surface area contributed by atoms with Crippen molar-refractivity contribution < 1.29 is 9.59 Å². The van der Waals surface area contributed by atoms with Crippen molar-refractivity contribution in [2.24, 2.45) is 0 Å². The van der Waals surface area contributed by atoms with Gasteiger partial charge in [0.25, 0.3) is 0 Å². The topological polar surface area (TPSA) is 73.5 Å². The average molecular weight is 313 g/mol.